The number of primary amides is 1. The summed E-state index contributed by atoms with van der Waals surface area (Å²) in [5, 5.41) is 0. The predicted molar refractivity (Wildman–Crippen MR) is 62.7 cm³/mol. The Morgan fingerprint density at radius 3 is 3.00 bits per heavy atom. The van der Waals surface area contributed by atoms with E-state index < -0.39 is 6.09 Å². The summed E-state index contributed by atoms with van der Waals surface area (Å²) in [5.74, 6) is 0. The van der Waals surface area contributed by atoms with E-state index in [0.717, 1.165) is 11.0 Å². The van der Waals surface area contributed by atoms with Gasteiger partial charge in [0.1, 0.15) is 6.61 Å². The van der Waals surface area contributed by atoms with Gasteiger partial charge in [0.25, 0.3) is 0 Å². The van der Waals surface area contributed by atoms with Crippen molar-refractivity contribution in [3.63, 3.8) is 0 Å². The maximum Gasteiger partial charge on any atom is 0.404 e. The van der Waals surface area contributed by atoms with Crippen LogP contribution in [0.3, 0.4) is 0 Å². The molecule has 1 aromatic heterocycles. The minimum absolute atomic E-state index is 0.214. The van der Waals surface area contributed by atoms with Crippen molar-refractivity contribution in [1.82, 2.24) is 9.55 Å². The Labute approximate surface area is 96.8 Å². The molecule has 16 heavy (non-hydrogen) atoms. The third-order valence-corrected chi connectivity index (χ3v) is 2.56. The highest BCUT2D eigenvalue weighted by Crippen LogP contribution is 2.12. The molecule has 0 aliphatic rings. The molecule has 84 valence electrons. The lowest BCUT2D eigenvalue weighted by molar-refractivity contribution is 0.152. The molecule has 0 atom stereocenters. The number of benzene rings is 1. The van der Waals surface area contributed by atoms with Crippen LogP contribution in [0, 0.1) is 4.77 Å². The van der Waals surface area contributed by atoms with E-state index in [2.05, 4.69) is 9.72 Å². The summed E-state index contributed by atoms with van der Waals surface area (Å²) in [6, 6.07) is 7.75. The lowest BCUT2D eigenvalue weighted by Gasteiger charge is -2.04. The van der Waals surface area contributed by atoms with E-state index in [-0.39, 0.29) is 6.61 Å². The average molecular weight is 237 g/mol. The van der Waals surface area contributed by atoms with Crippen molar-refractivity contribution in [1.29, 1.82) is 0 Å². The minimum atomic E-state index is -0.772. The van der Waals surface area contributed by atoms with Crippen molar-refractivity contribution in [2.75, 3.05) is 6.61 Å². The third-order valence-electron chi connectivity index (χ3n) is 2.24. The van der Waals surface area contributed by atoms with Crippen molar-refractivity contribution in [2.24, 2.45) is 5.73 Å². The summed E-state index contributed by atoms with van der Waals surface area (Å²) in [6.45, 7) is 0.706. The van der Waals surface area contributed by atoms with Crippen LogP contribution in [0.25, 0.3) is 11.0 Å². The van der Waals surface area contributed by atoms with Crippen molar-refractivity contribution < 1.29 is 9.53 Å². The molecule has 0 unspecified atom stereocenters. The van der Waals surface area contributed by atoms with Gasteiger partial charge in [-0.05, 0) is 24.4 Å². The van der Waals surface area contributed by atoms with Gasteiger partial charge in [-0.1, -0.05) is 12.1 Å². The van der Waals surface area contributed by atoms with Gasteiger partial charge in [-0.2, -0.15) is 0 Å². The summed E-state index contributed by atoms with van der Waals surface area (Å²) in [4.78, 5) is 13.5. The van der Waals surface area contributed by atoms with E-state index in [9.17, 15) is 4.79 Å². The Kier molecular flexibility index (Phi) is 2.91. The third kappa shape index (κ3) is 2.06. The number of rotatable bonds is 3. The fourth-order valence-corrected chi connectivity index (χ4v) is 1.87. The number of aromatic amines is 1. The lowest BCUT2D eigenvalue weighted by atomic mass is 10.3. The number of nitrogens with zero attached hydrogens (tertiary/aromatic N) is 1. The summed E-state index contributed by atoms with van der Waals surface area (Å²) < 4.78 is 7.15. The second kappa shape index (κ2) is 4.36. The van der Waals surface area contributed by atoms with Crippen LogP contribution in [0.15, 0.2) is 24.3 Å². The first-order valence-corrected chi connectivity index (χ1v) is 5.19. The van der Waals surface area contributed by atoms with Crippen molar-refractivity contribution in [3.8, 4) is 0 Å². The Morgan fingerprint density at radius 1 is 1.50 bits per heavy atom. The van der Waals surface area contributed by atoms with Gasteiger partial charge in [0, 0.05) is 0 Å². The maximum absolute atomic E-state index is 10.4. The van der Waals surface area contributed by atoms with Crippen LogP contribution in [0.5, 0.6) is 0 Å². The van der Waals surface area contributed by atoms with Gasteiger partial charge in [0.05, 0.1) is 17.6 Å². The fraction of sp³-hybridized carbons (Fsp3) is 0.200. The molecule has 0 bridgehead atoms. The van der Waals surface area contributed by atoms with Gasteiger partial charge in [0.2, 0.25) is 0 Å². The number of ether oxygens (including phenoxy) is 1. The maximum atomic E-state index is 10.4. The van der Waals surface area contributed by atoms with E-state index in [0.29, 0.717) is 11.3 Å². The summed E-state index contributed by atoms with van der Waals surface area (Å²) >= 11 is 5.17. The molecule has 0 aliphatic carbocycles. The number of H-pyrrole nitrogens is 1. The Balaban J connectivity index is 2.26. The van der Waals surface area contributed by atoms with Crippen LogP contribution in [0.2, 0.25) is 0 Å². The molecule has 3 N–H and O–H groups in total. The van der Waals surface area contributed by atoms with Crippen molar-refractivity contribution in [2.45, 2.75) is 6.54 Å². The highest BCUT2D eigenvalue weighted by atomic mass is 32.1. The number of nitrogens with one attached hydrogen (secondary N) is 1. The number of imidazole rings is 1. The Morgan fingerprint density at radius 2 is 2.25 bits per heavy atom. The zero-order chi connectivity index (χ0) is 11.5. The van der Waals surface area contributed by atoms with Crippen LogP contribution >= 0.6 is 12.2 Å². The molecule has 0 saturated heterocycles. The molecule has 0 radical (unpaired) electrons. The number of nitrogens with two attached hydrogens (primary N) is 1. The van der Waals surface area contributed by atoms with Gasteiger partial charge in [0.15, 0.2) is 4.77 Å². The largest absolute Gasteiger partial charge is 0.448 e. The van der Waals surface area contributed by atoms with Gasteiger partial charge in [-0.15, -0.1) is 0 Å². The fourth-order valence-electron chi connectivity index (χ4n) is 1.57. The number of carbonyl (C=O) groups is 1. The first kappa shape index (κ1) is 10.7. The number of carbonyl (C=O) groups excluding carboxylic acids is 1. The van der Waals surface area contributed by atoms with Gasteiger partial charge in [-0.3, -0.25) is 0 Å². The van der Waals surface area contributed by atoms with E-state index in [1.807, 2.05) is 28.8 Å². The molecule has 0 aliphatic heterocycles. The second-order valence-corrected chi connectivity index (χ2v) is 3.65. The standard InChI is InChI=1S/C10H11N3O2S/c11-9(14)15-6-5-13-8-4-2-1-3-7(8)12-10(13)16/h1-4H,5-6H2,(H2,11,14)(H,12,16). The Bertz CT molecular complexity index is 573. The van der Waals surface area contributed by atoms with Gasteiger partial charge in [-0.25, -0.2) is 4.79 Å². The number of amides is 1. The molecule has 5 nitrogen and oxygen atoms in total. The van der Waals surface area contributed by atoms with E-state index in [1.165, 1.54) is 0 Å². The molecule has 0 spiro atoms. The minimum Gasteiger partial charge on any atom is -0.448 e. The molecule has 6 heteroatoms. The summed E-state index contributed by atoms with van der Waals surface area (Å²) in [5.41, 5.74) is 6.83. The van der Waals surface area contributed by atoms with Crippen LogP contribution < -0.4 is 5.73 Å². The number of hydrogen-bond acceptors (Lipinski definition) is 3. The molecule has 2 rings (SSSR count). The van der Waals surface area contributed by atoms with E-state index >= 15 is 0 Å². The normalized spacial score (nSPS) is 10.5. The van der Waals surface area contributed by atoms with Crippen LogP contribution in [-0.2, 0) is 11.3 Å². The lowest BCUT2D eigenvalue weighted by Crippen LogP contribution is -2.16. The summed E-state index contributed by atoms with van der Waals surface area (Å²) in [7, 11) is 0. The number of aromatic nitrogens is 2. The zero-order valence-electron chi connectivity index (χ0n) is 8.47. The highest BCUT2D eigenvalue weighted by molar-refractivity contribution is 7.71. The SMILES string of the molecule is NC(=O)OCCn1c(=S)[nH]c2ccccc21. The van der Waals surface area contributed by atoms with E-state index in [4.69, 9.17) is 18.0 Å². The number of hydrogen-bond donors (Lipinski definition) is 2. The van der Waals surface area contributed by atoms with Crippen molar-refractivity contribution in [3.05, 3.63) is 29.0 Å². The van der Waals surface area contributed by atoms with Crippen LogP contribution in [0.4, 0.5) is 4.79 Å². The molecule has 0 saturated carbocycles. The number of fused-ring (bicyclic) bond motifs is 1. The van der Waals surface area contributed by atoms with E-state index in [1.54, 1.807) is 0 Å². The molecule has 1 aromatic carbocycles. The average Bonchev–Trinajstić information content (AvgIpc) is 2.55. The van der Waals surface area contributed by atoms with Crippen LogP contribution in [-0.4, -0.2) is 22.3 Å². The topological polar surface area (TPSA) is 73.0 Å². The molecule has 1 heterocycles. The second-order valence-electron chi connectivity index (χ2n) is 3.27. The van der Waals surface area contributed by atoms with Crippen LogP contribution in [0.1, 0.15) is 0 Å². The molecule has 0 fully saturated rings. The predicted octanol–water partition coefficient (Wildman–Crippen LogP) is 1.79. The first-order valence-electron chi connectivity index (χ1n) is 4.78. The zero-order valence-corrected chi connectivity index (χ0v) is 9.29. The number of para-hydroxylation sites is 2. The smallest absolute Gasteiger partial charge is 0.404 e. The highest BCUT2D eigenvalue weighted by Gasteiger charge is 2.03. The molecule has 1 amide bonds. The molecular weight excluding hydrogens is 226 g/mol. The monoisotopic (exact) mass is 237 g/mol. The van der Waals surface area contributed by atoms with Gasteiger partial charge < -0.3 is 20.0 Å². The quantitative estimate of drug-likeness (QED) is 0.799. The van der Waals surface area contributed by atoms with Gasteiger partial charge >= 0.3 is 6.09 Å². The van der Waals surface area contributed by atoms with Crippen molar-refractivity contribution >= 4 is 29.3 Å². The molecule has 2 aromatic rings. The molecular formula is C10H11N3O2S. The summed E-state index contributed by atoms with van der Waals surface area (Å²) in [6.07, 6.45) is -0.772. The Hall–Kier alpha value is -1.82. The first-order chi connectivity index (χ1) is 7.68.